The number of piperidine rings is 1. The first kappa shape index (κ1) is 17.8. The highest BCUT2D eigenvalue weighted by Crippen LogP contribution is 2.31. The van der Waals surface area contributed by atoms with E-state index in [1.165, 1.54) is 5.56 Å². The van der Waals surface area contributed by atoms with E-state index in [1.807, 2.05) is 19.1 Å². The van der Waals surface area contributed by atoms with Gasteiger partial charge in [-0.3, -0.25) is 4.79 Å². The van der Waals surface area contributed by atoms with Crippen molar-refractivity contribution in [2.75, 3.05) is 18.0 Å². The van der Waals surface area contributed by atoms with Crippen LogP contribution in [0, 0.1) is 6.92 Å². The number of carbonyl (C=O) groups excluding carboxylic acids is 1. The molecule has 0 unspecified atom stereocenters. The van der Waals surface area contributed by atoms with Gasteiger partial charge in [0.05, 0.1) is 17.8 Å². The summed E-state index contributed by atoms with van der Waals surface area (Å²) in [6.45, 7) is 4.30. The van der Waals surface area contributed by atoms with Crippen molar-refractivity contribution in [1.82, 2.24) is 10.3 Å². The van der Waals surface area contributed by atoms with Crippen LogP contribution in [0.25, 0.3) is 0 Å². The number of anilines is 1. The van der Waals surface area contributed by atoms with Gasteiger partial charge in [-0.2, -0.15) is 0 Å². The van der Waals surface area contributed by atoms with Crippen LogP contribution in [0.5, 0.6) is 5.75 Å². The minimum atomic E-state index is -0.760. The summed E-state index contributed by atoms with van der Waals surface area (Å²) in [5, 5.41) is 2.84. The molecule has 0 spiro atoms. The van der Waals surface area contributed by atoms with Gasteiger partial charge in [-0.15, -0.1) is 0 Å². The Bertz CT molecular complexity index is 941. The quantitative estimate of drug-likeness (QED) is 0.805. The lowest BCUT2D eigenvalue weighted by Gasteiger charge is -2.34. The van der Waals surface area contributed by atoms with Crippen LogP contribution < -0.4 is 15.0 Å². The number of fused-ring (bicyclic) bond motifs is 2. The topological polar surface area (TPSA) is 77.5 Å². The summed E-state index contributed by atoms with van der Waals surface area (Å²) in [6.07, 6.45) is 2.04. The fourth-order valence-corrected chi connectivity index (χ4v) is 5.62. The molecule has 1 N–H and O–H groups in total. The van der Waals surface area contributed by atoms with E-state index in [9.17, 15) is 9.35 Å². The number of hydrogen-bond acceptors (Lipinski definition) is 5. The molecule has 5 rings (SSSR count). The SMILES string of the molecule is Cc1cc2c(nc1N1CCC(Oc3ccc4c(c3)C[S@+]([O-])C4)CC1)CNC2=O. The monoisotopic (exact) mass is 397 g/mol. The zero-order valence-corrected chi connectivity index (χ0v) is 16.7. The Hall–Kier alpha value is -2.25. The van der Waals surface area contributed by atoms with Crippen LogP contribution >= 0.6 is 0 Å². The predicted molar refractivity (Wildman–Crippen MR) is 108 cm³/mol. The largest absolute Gasteiger partial charge is 0.616 e. The maximum absolute atomic E-state index is 11.8. The molecule has 4 heterocycles. The average molecular weight is 398 g/mol. The highest BCUT2D eigenvalue weighted by atomic mass is 32.2. The number of aromatic nitrogens is 1. The van der Waals surface area contributed by atoms with Crippen LogP contribution in [0.3, 0.4) is 0 Å². The Balaban J connectivity index is 1.24. The van der Waals surface area contributed by atoms with Crippen molar-refractivity contribution in [2.24, 2.45) is 0 Å². The molecular formula is C21H23N3O3S. The number of carbonyl (C=O) groups is 1. The molecule has 0 bridgehead atoms. The second-order valence-electron chi connectivity index (χ2n) is 7.77. The summed E-state index contributed by atoms with van der Waals surface area (Å²) in [5.74, 6) is 3.15. The van der Waals surface area contributed by atoms with Gasteiger partial charge in [-0.25, -0.2) is 4.98 Å². The smallest absolute Gasteiger partial charge is 0.253 e. The molecule has 146 valence electrons. The van der Waals surface area contributed by atoms with Crippen LogP contribution in [0.15, 0.2) is 24.3 Å². The van der Waals surface area contributed by atoms with Gasteiger partial charge in [0, 0.05) is 37.1 Å². The van der Waals surface area contributed by atoms with Crippen molar-refractivity contribution < 1.29 is 14.1 Å². The zero-order valence-electron chi connectivity index (χ0n) is 15.9. The second kappa shape index (κ2) is 6.97. The molecule has 1 saturated heterocycles. The minimum Gasteiger partial charge on any atom is -0.616 e. The fourth-order valence-electron chi connectivity index (χ4n) is 4.28. The molecule has 1 fully saturated rings. The first-order valence-corrected chi connectivity index (χ1v) is 11.2. The molecule has 1 aromatic carbocycles. The van der Waals surface area contributed by atoms with Crippen molar-refractivity contribution in [3.05, 3.63) is 52.2 Å². The Morgan fingerprint density at radius 2 is 2.00 bits per heavy atom. The molecule has 0 radical (unpaired) electrons. The van der Waals surface area contributed by atoms with Gasteiger partial charge in [0.25, 0.3) is 5.91 Å². The summed E-state index contributed by atoms with van der Waals surface area (Å²) in [6, 6.07) is 8.07. The molecule has 28 heavy (non-hydrogen) atoms. The first-order valence-electron chi connectivity index (χ1n) is 9.74. The number of nitrogens with zero attached hydrogens (tertiary/aromatic N) is 2. The molecular weight excluding hydrogens is 374 g/mol. The van der Waals surface area contributed by atoms with Gasteiger partial charge in [0.1, 0.15) is 29.2 Å². The predicted octanol–water partition coefficient (Wildman–Crippen LogP) is 2.44. The van der Waals surface area contributed by atoms with E-state index in [1.54, 1.807) is 0 Å². The number of hydrogen-bond donors (Lipinski definition) is 1. The number of benzene rings is 1. The Morgan fingerprint density at radius 3 is 2.82 bits per heavy atom. The second-order valence-corrected chi connectivity index (χ2v) is 9.23. The molecule has 2 aromatic rings. The van der Waals surface area contributed by atoms with Crippen molar-refractivity contribution in [1.29, 1.82) is 0 Å². The molecule has 1 aromatic heterocycles. The molecule has 6 nitrogen and oxygen atoms in total. The molecule has 7 heteroatoms. The van der Waals surface area contributed by atoms with E-state index in [0.29, 0.717) is 23.6 Å². The van der Waals surface area contributed by atoms with Crippen molar-refractivity contribution in [3.8, 4) is 5.75 Å². The van der Waals surface area contributed by atoms with Crippen LogP contribution in [-0.2, 0) is 29.2 Å². The van der Waals surface area contributed by atoms with E-state index in [0.717, 1.165) is 54.3 Å². The number of aryl methyl sites for hydroxylation is 1. The van der Waals surface area contributed by atoms with Crippen molar-refractivity contribution in [3.63, 3.8) is 0 Å². The molecule has 0 saturated carbocycles. The Kier molecular flexibility index (Phi) is 4.44. The summed E-state index contributed by atoms with van der Waals surface area (Å²) in [7, 11) is 0. The zero-order chi connectivity index (χ0) is 19.3. The third-order valence-corrected chi connectivity index (χ3v) is 7.05. The summed E-state index contributed by atoms with van der Waals surface area (Å²) in [4.78, 5) is 18.9. The standard InChI is InChI=1S/C21H23N3O3S/c1-13-8-18-19(10-22-21(18)25)23-20(13)24-6-4-16(5-7-24)27-17-3-2-14-11-28(26)12-15(14)9-17/h2-3,8-9,16H,4-7,10-12H2,1H3,(H,22,25)/t28-/m1/s1. The number of rotatable bonds is 3. The van der Waals surface area contributed by atoms with Gasteiger partial charge >= 0.3 is 0 Å². The maximum Gasteiger partial charge on any atom is 0.253 e. The summed E-state index contributed by atoms with van der Waals surface area (Å²) >= 11 is -0.760. The normalized spacial score (nSPS) is 21.4. The van der Waals surface area contributed by atoms with Crippen molar-refractivity contribution >= 4 is 22.9 Å². The van der Waals surface area contributed by atoms with Gasteiger partial charge in [-0.05, 0) is 41.9 Å². The van der Waals surface area contributed by atoms with Crippen LogP contribution in [-0.4, -0.2) is 34.6 Å². The maximum atomic E-state index is 11.8. The number of amides is 1. The van der Waals surface area contributed by atoms with E-state index in [2.05, 4.69) is 22.3 Å². The summed E-state index contributed by atoms with van der Waals surface area (Å²) in [5.41, 5.74) is 4.94. The molecule has 3 aliphatic rings. The lowest BCUT2D eigenvalue weighted by molar-refractivity contribution is 0.0965. The third kappa shape index (κ3) is 3.22. The first-order chi connectivity index (χ1) is 13.6. The van der Waals surface area contributed by atoms with Crippen molar-refractivity contribution in [2.45, 2.75) is 43.9 Å². The van der Waals surface area contributed by atoms with Crippen LogP contribution in [0.2, 0.25) is 0 Å². The molecule has 0 aliphatic carbocycles. The lowest BCUT2D eigenvalue weighted by Crippen LogP contribution is -2.39. The van der Waals surface area contributed by atoms with E-state index < -0.39 is 11.2 Å². The van der Waals surface area contributed by atoms with Crippen LogP contribution in [0.4, 0.5) is 5.82 Å². The Morgan fingerprint density at radius 1 is 1.21 bits per heavy atom. The molecule has 3 aliphatic heterocycles. The molecule has 1 amide bonds. The van der Waals surface area contributed by atoms with E-state index in [-0.39, 0.29) is 12.0 Å². The number of pyridine rings is 1. The van der Waals surface area contributed by atoms with Gasteiger partial charge in [0.15, 0.2) is 0 Å². The fraction of sp³-hybridized carbons (Fsp3) is 0.429. The highest BCUT2D eigenvalue weighted by molar-refractivity contribution is 7.90. The Labute approximate surface area is 167 Å². The van der Waals surface area contributed by atoms with E-state index in [4.69, 9.17) is 9.72 Å². The highest BCUT2D eigenvalue weighted by Gasteiger charge is 2.27. The lowest BCUT2D eigenvalue weighted by atomic mass is 10.1. The third-order valence-electron chi connectivity index (χ3n) is 5.78. The number of nitrogens with one attached hydrogen (secondary N) is 1. The average Bonchev–Trinajstić information content (AvgIpc) is 3.23. The van der Waals surface area contributed by atoms with Crippen LogP contribution in [0.1, 0.15) is 45.6 Å². The number of ether oxygens (including phenoxy) is 1. The summed E-state index contributed by atoms with van der Waals surface area (Å²) < 4.78 is 17.9. The van der Waals surface area contributed by atoms with Gasteiger partial charge in [-0.1, -0.05) is 6.07 Å². The van der Waals surface area contributed by atoms with Gasteiger partial charge < -0.3 is 19.5 Å². The molecule has 1 atom stereocenters. The minimum absolute atomic E-state index is 0.0255. The van der Waals surface area contributed by atoms with E-state index >= 15 is 0 Å². The van der Waals surface area contributed by atoms with Gasteiger partial charge in [0.2, 0.25) is 0 Å².